The van der Waals surface area contributed by atoms with E-state index in [4.69, 9.17) is 0 Å². The summed E-state index contributed by atoms with van der Waals surface area (Å²) in [4.78, 5) is 14.5. The summed E-state index contributed by atoms with van der Waals surface area (Å²) in [6, 6.07) is 16.8. The molecule has 3 nitrogen and oxygen atoms in total. The summed E-state index contributed by atoms with van der Waals surface area (Å²) in [6.07, 6.45) is 2.82. The predicted octanol–water partition coefficient (Wildman–Crippen LogP) is 4.23. The van der Waals surface area contributed by atoms with Crippen LogP contribution in [-0.4, -0.2) is 18.5 Å². The minimum absolute atomic E-state index is 0.0935. The first kappa shape index (κ1) is 16.1. The number of rotatable bonds is 5. The van der Waals surface area contributed by atoms with Gasteiger partial charge in [-0.1, -0.05) is 30.0 Å². The van der Waals surface area contributed by atoms with Gasteiger partial charge in [0.2, 0.25) is 5.91 Å². The number of nitrogens with one attached hydrogen (secondary N) is 2. The van der Waals surface area contributed by atoms with Crippen LogP contribution >= 0.6 is 11.8 Å². The summed E-state index contributed by atoms with van der Waals surface area (Å²) in [6.45, 7) is 3.07. The van der Waals surface area contributed by atoms with Crippen molar-refractivity contribution in [2.24, 2.45) is 0 Å². The Kier molecular flexibility index (Phi) is 5.36. The lowest BCUT2D eigenvalue weighted by molar-refractivity contribution is -0.116. The number of hydrogen-bond donors (Lipinski definition) is 2. The molecule has 0 saturated carbocycles. The van der Waals surface area contributed by atoms with Crippen molar-refractivity contribution in [3.8, 4) is 0 Å². The first-order chi connectivity index (χ1) is 11.2. The molecule has 120 valence electrons. The second-order valence-corrected chi connectivity index (χ2v) is 7.08. The van der Waals surface area contributed by atoms with Gasteiger partial charge < -0.3 is 10.6 Å². The van der Waals surface area contributed by atoms with Crippen LogP contribution in [0.4, 0.5) is 5.69 Å². The highest BCUT2D eigenvalue weighted by Crippen LogP contribution is 2.30. The molecule has 1 saturated heterocycles. The van der Waals surface area contributed by atoms with E-state index in [0.717, 1.165) is 24.2 Å². The first-order valence-corrected chi connectivity index (χ1v) is 8.89. The van der Waals surface area contributed by atoms with Crippen LogP contribution in [0.2, 0.25) is 0 Å². The molecule has 1 amide bonds. The van der Waals surface area contributed by atoms with Crippen LogP contribution in [0.5, 0.6) is 0 Å². The van der Waals surface area contributed by atoms with E-state index in [1.807, 2.05) is 31.2 Å². The Bertz CT molecular complexity index is 666. The van der Waals surface area contributed by atoms with Gasteiger partial charge in [0.15, 0.2) is 0 Å². The fraction of sp³-hybridized carbons (Fsp3) is 0.316. The van der Waals surface area contributed by atoms with Gasteiger partial charge in [-0.15, -0.1) is 0 Å². The first-order valence-electron chi connectivity index (χ1n) is 8.07. The molecule has 3 rings (SSSR count). The van der Waals surface area contributed by atoms with E-state index >= 15 is 0 Å². The molecular formula is C19H22N2OS. The van der Waals surface area contributed by atoms with Gasteiger partial charge in [-0.2, -0.15) is 0 Å². The Morgan fingerprint density at radius 2 is 2.04 bits per heavy atom. The predicted molar refractivity (Wildman–Crippen MR) is 96.0 cm³/mol. The van der Waals surface area contributed by atoms with Crippen molar-refractivity contribution in [2.75, 3.05) is 11.9 Å². The lowest BCUT2D eigenvalue weighted by atomic mass is 10.1. The smallest absolute Gasteiger partial charge is 0.225 e. The molecule has 0 aliphatic carbocycles. The number of carbonyl (C=O) groups excluding carboxylic acids is 1. The van der Waals surface area contributed by atoms with E-state index in [9.17, 15) is 4.79 Å². The van der Waals surface area contributed by atoms with Gasteiger partial charge in [-0.05, 0) is 62.2 Å². The molecule has 1 atom stereocenters. The van der Waals surface area contributed by atoms with Crippen molar-refractivity contribution in [3.05, 3.63) is 54.1 Å². The molecule has 4 heteroatoms. The molecule has 2 N–H and O–H groups in total. The normalized spacial score (nSPS) is 17.2. The molecule has 0 bridgehead atoms. The van der Waals surface area contributed by atoms with Gasteiger partial charge in [-0.3, -0.25) is 4.79 Å². The standard InChI is InChI=1S/C19H22N2OS/c1-14-12-17(23-16-7-3-2-4-8-16)9-10-18(14)21-19(22)13-15-6-5-11-20-15/h2-4,7-10,12,15,20H,5-6,11,13H2,1H3,(H,21,22). The number of carbonyl (C=O) groups is 1. The molecule has 1 fully saturated rings. The zero-order valence-electron chi connectivity index (χ0n) is 13.3. The zero-order valence-corrected chi connectivity index (χ0v) is 14.2. The monoisotopic (exact) mass is 326 g/mol. The van der Waals surface area contributed by atoms with Crippen LogP contribution in [0.25, 0.3) is 0 Å². The maximum Gasteiger partial charge on any atom is 0.225 e. The van der Waals surface area contributed by atoms with Gasteiger partial charge in [0.05, 0.1) is 0 Å². The molecule has 0 radical (unpaired) electrons. The van der Waals surface area contributed by atoms with Gasteiger partial charge in [-0.25, -0.2) is 0 Å². The van der Waals surface area contributed by atoms with Crippen LogP contribution in [0.3, 0.4) is 0 Å². The third kappa shape index (κ3) is 4.60. The highest BCUT2D eigenvalue weighted by atomic mass is 32.2. The molecule has 2 aromatic carbocycles. The van der Waals surface area contributed by atoms with E-state index in [0.29, 0.717) is 12.5 Å². The van der Waals surface area contributed by atoms with Gasteiger partial charge in [0.1, 0.15) is 0 Å². The Balaban J connectivity index is 1.61. The molecule has 1 aliphatic rings. The number of anilines is 1. The summed E-state index contributed by atoms with van der Waals surface area (Å²) in [5.41, 5.74) is 2.00. The maximum atomic E-state index is 12.1. The van der Waals surface area contributed by atoms with E-state index in [1.54, 1.807) is 11.8 Å². The fourth-order valence-electron chi connectivity index (χ4n) is 2.82. The Labute approximate surface area is 141 Å². The van der Waals surface area contributed by atoms with Crippen molar-refractivity contribution < 1.29 is 4.79 Å². The average molecular weight is 326 g/mol. The quantitative estimate of drug-likeness (QED) is 0.864. The molecule has 1 aliphatic heterocycles. The van der Waals surface area contributed by atoms with Crippen molar-refractivity contribution in [3.63, 3.8) is 0 Å². The molecule has 0 spiro atoms. The van der Waals surface area contributed by atoms with Crippen LogP contribution in [0.15, 0.2) is 58.3 Å². The minimum atomic E-state index is 0.0935. The van der Waals surface area contributed by atoms with Gasteiger partial charge >= 0.3 is 0 Å². The lowest BCUT2D eigenvalue weighted by Crippen LogP contribution is -2.27. The van der Waals surface area contributed by atoms with Crippen LogP contribution in [0.1, 0.15) is 24.8 Å². The van der Waals surface area contributed by atoms with E-state index in [1.165, 1.54) is 16.2 Å². The number of amides is 1. The zero-order chi connectivity index (χ0) is 16.1. The summed E-state index contributed by atoms with van der Waals surface area (Å²) >= 11 is 1.73. The molecule has 2 aromatic rings. The fourth-order valence-corrected chi connectivity index (χ4v) is 3.76. The Morgan fingerprint density at radius 3 is 2.74 bits per heavy atom. The topological polar surface area (TPSA) is 41.1 Å². The number of aryl methyl sites for hydroxylation is 1. The second-order valence-electron chi connectivity index (χ2n) is 5.94. The van der Waals surface area contributed by atoms with Crippen LogP contribution < -0.4 is 10.6 Å². The SMILES string of the molecule is Cc1cc(Sc2ccccc2)ccc1NC(=O)CC1CCCN1. The Morgan fingerprint density at radius 1 is 1.22 bits per heavy atom. The molecule has 1 unspecified atom stereocenters. The van der Waals surface area contributed by atoms with E-state index in [2.05, 4.69) is 34.9 Å². The van der Waals surface area contributed by atoms with Crippen molar-refractivity contribution in [2.45, 2.75) is 42.0 Å². The van der Waals surface area contributed by atoms with E-state index in [-0.39, 0.29) is 5.91 Å². The molecule has 0 aromatic heterocycles. The van der Waals surface area contributed by atoms with E-state index < -0.39 is 0 Å². The van der Waals surface area contributed by atoms with Gasteiger partial charge in [0.25, 0.3) is 0 Å². The summed E-state index contributed by atoms with van der Waals surface area (Å²) in [7, 11) is 0. The minimum Gasteiger partial charge on any atom is -0.326 e. The number of benzene rings is 2. The lowest BCUT2D eigenvalue weighted by Gasteiger charge is -2.13. The van der Waals surface area contributed by atoms with Crippen molar-refractivity contribution in [1.82, 2.24) is 5.32 Å². The van der Waals surface area contributed by atoms with Crippen molar-refractivity contribution >= 4 is 23.4 Å². The third-order valence-corrected chi connectivity index (χ3v) is 5.04. The molecule has 23 heavy (non-hydrogen) atoms. The van der Waals surface area contributed by atoms with Crippen molar-refractivity contribution in [1.29, 1.82) is 0 Å². The summed E-state index contributed by atoms with van der Waals surface area (Å²) in [5, 5.41) is 6.40. The average Bonchev–Trinajstić information content (AvgIpc) is 3.04. The Hall–Kier alpha value is -1.78. The van der Waals surface area contributed by atoms with Gasteiger partial charge in [0, 0.05) is 27.9 Å². The highest BCUT2D eigenvalue weighted by Gasteiger charge is 2.18. The van der Waals surface area contributed by atoms with Crippen LogP contribution in [-0.2, 0) is 4.79 Å². The molecular weight excluding hydrogens is 304 g/mol. The third-order valence-electron chi connectivity index (χ3n) is 4.05. The maximum absolute atomic E-state index is 12.1. The highest BCUT2D eigenvalue weighted by molar-refractivity contribution is 7.99. The number of hydrogen-bond acceptors (Lipinski definition) is 3. The largest absolute Gasteiger partial charge is 0.326 e. The summed E-state index contributed by atoms with van der Waals surface area (Å²) < 4.78 is 0. The van der Waals surface area contributed by atoms with Crippen LogP contribution in [0, 0.1) is 6.92 Å². The summed E-state index contributed by atoms with van der Waals surface area (Å²) in [5.74, 6) is 0.0935. The second kappa shape index (κ2) is 7.66. The molecule has 1 heterocycles.